The molecule has 4 N–H and O–H groups in total. The smallest absolute Gasteiger partial charge is 0.109 e. The molecular weight excluding hydrogens is 167 g/mol. The molecule has 0 aliphatic rings. The van der Waals surface area contributed by atoms with Gasteiger partial charge in [-0.05, 0) is 0 Å². The van der Waals surface area contributed by atoms with E-state index in [2.05, 4.69) is 0 Å². The largest absolute Gasteiger partial charge is 0.325 e. The molecule has 0 radical (unpaired) electrons. The van der Waals surface area contributed by atoms with Gasteiger partial charge in [-0.25, -0.2) is 0 Å². The van der Waals surface area contributed by atoms with Crippen molar-refractivity contribution in [2.75, 3.05) is 5.88 Å². The zero-order valence-electron chi connectivity index (χ0n) is 4.18. The molecule has 0 amide bonds. The van der Waals surface area contributed by atoms with E-state index in [4.69, 9.17) is 34.1 Å². The first kappa shape index (κ1) is 8.85. The molecule has 0 aromatic rings. The topological polar surface area (TPSA) is 52.0 Å². The molecule has 0 aliphatic carbocycles. The maximum absolute atomic E-state index is 5.54. The van der Waals surface area contributed by atoms with Crippen LogP contribution in [-0.4, -0.2) is 16.6 Å². The van der Waals surface area contributed by atoms with Gasteiger partial charge in [-0.2, -0.15) is 0 Å². The van der Waals surface area contributed by atoms with E-state index < -0.39 is 0 Å². The Morgan fingerprint density at radius 2 is 2.12 bits per heavy atom. The van der Waals surface area contributed by atoms with E-state index in [-0.39, 0.29) is 10.8 Å². The van der Waals surface area contributed by atoms with Gasteiger partial charge in [0.1, 0.15) is 4.71 Å². The van der Waals surface area contributed by atoms with Gasteiger partial charge in [-0.3, -0.25) is 5.14 Å². The first-order valence-electron chi connectivity index (χ1n) is 2.03. The molecule has 2 unspecified atom stereocenters. The Labute approximate surface area is 63.0 Å². The summed E-state index contributed by atoms with van der Waals surface area (Å²) in [5, 5.41) is 5.09. The number of rotatable bonds is 3. The van der Waals surface area contributed by atoms with Crippen LogP contribution in [0.1, 0.15) is 0 Å². The molecule has 50 valence electrons. The highest BCUT2D eigenvalue weighted by Crippen LogP contribution is 2.11. The van der Waals surface area contributed by atoms with Crippen LogP contribution in [0.25, 0.3) is 0 Å². The van der Waals surface area contributed by atoms with Crippen molar-refractivity contribution in [2.45, 2.75) is 10.8 Å². The number of alkyl halides is 2. The third kappa shape index (κ3) is 2.99. The molecule has 0 saturated heterocycles. The minimum absolute atomic E-state index is 0.215. The van der Waals surface area contributed by atoms with Gasteiger partial charge in [-0.15, -0.1) is 23.2 Å². The van der Waals surface area contributed by atoms with Gasteiger partial charge >= 0.3 is 0 Å². The second-order valence-corrected chi connectivity index (χ2v) is 3.12. The highest BCUT2D eigenvalue weighted by Gasteiger charge is 2.11. The number of nitrogens with two attached hydrogens (primary N) is 2. The Morgan fingerprint density at radius 1 is 1.62 bits per heavy atom. The summed E-state index contributed by atoms with van der Waals surface area (Å²) in [5.74, 6) is 0.346. The molecule has 0 aliphatic heterocycles. The van der Waals surface area contributed by atoms with Gasteiger partial charge < -0.3 is 5.73 Å². The third-order valence-electron chi connectivity index (χ3n) is 0.645. The van der Waals surface area contributed by atoms with Gasteiger partial charge in [0, 0.05) is 11.9 Å². The van der Waals surface area contributed by atoms with E-state index in [9.17, 15) is 0 Å². The Hall–Kier alpha value is 0.850. The molecule has 0 saturated carbocycles. The van der Waals surface area contributed by atoms with Crippen LogP contribution in [0.3, 0.4) is 0 Å². The average Bonchev–Trinajstić information content (AvgIpc) is 1.84. The van der Waals surface area contributed by atoms with Gasteiger partial charge in [0.25, 0.3) is 0 Å². The summed E-state index contributed by atoms with van der Waals surface area (Å²) in [4.78, 5) is 0. The first-order valence-corrected chi connectivity index (χ1v) is 3.95. The van der Waals surface area contributed by atoms with Crippen molar-refractivity contribution in [1.29, 1.82) is 0 Å². The molecule has 0 spiro atoms. The molecular formula is C3H8Cl2N2S. The highest BCUT2D eigenvalue weighted by molar-refractivity contribution is 7.98. The van der Waals surface area contributed by atoms with Crippen molar-refractivity contribution in [1.82, 2.24) is 0 Å². The van der Waals surface area contributed by atoms with E-state index in [1.807, 2.05) is 0 Å². The van der Waals surface area contributed by atoms with Crippen molar-refractivity contribution in [3.05, 3.63) is 0 Å². The summed E-state index contributed by atoms with van der Waals surface area (Å²) in [6.07, 6.45) is 0. The quantitative estimate of drug-likeness (QED) is 0.491. The molecule has 5 heteroatoms. The van der Waals surface area contributed by atoms with Gasteiger partial charge in [-0.1, -0.05) is 11.9 Å². The lowest BCUT2D eigenvalue weighted by Gasteiger charge is -2.10. The van der Waals surface area contributed by atoms with Crippen LogP contribution >= 0.6 is 35.1 Å². The SMILES string of the molecule is NSC(Cl)C(N)CCl. The van der Waals surface area contributed by atoms with Crippen LogP contribution in [0.5, 0.6) is 0 Å². The van der Waals surface area contributed by atoms with Crippen LogP contribution in [0, 0.1) is 0 Å². The van der Waals surface area contributed by atoms with E-state index in [0.717, 1.165) is 11.9 Å². The Bertz CT molecular complexity index is 55.2. The van der Waals surface area contributed by atoms with Crippen molar-refractivity contribution >= 4 is 35.1 Å². The van der Waals surface area contributed by atoms with Gasteiger partial charge in [0.2, 0.25) is 0 Å². The van der Waals surface area contributed by atoms with Crippen LogP contribution in [0.4, 0.5) is 0 Å². The molecule has 0 aromatic heterocycles. The van der Waals surface area contributed by atoms with Gasteiger partial charge in [0.05, 0.1) is 0 Å². The summed E-state index contributed by atoms with van der Waals surface area (Å²) in [5.41, 5.74) is 5.36. The summed E-state index contributed by atoms with van der Waals surface area (Å²) >= 11 is 11.9. The fraction of sp³-hybridized carbons (Fsp3) is 1.00. The van der Waals surface area contributed by atoms with Crippen LogP contribution in [0.2, 0.25) is 0 Å². The monoisotopic (exact) mass is 174 g/mol. The Morgan fingerprint density at radius 3 is 2.25 bits per heavy atom. The van der Waals surface area contributed by atoms with Crippen molar-refractivity contribution in [3.8, 4) is 0 Å². The molecule has 0 fully saturated rings. The van der Waals surface area contributed by atoms with Gasteiger partial charge in [0.15, 0.2) is 0 Å². The Balaban J connectivity index is 3.29. The van der Waals surface area contributed by atoms with E-state index in [1.165, 1.54) is 0 Å². The third-order valence-corrected chi connectivity index (χ3v) is 2.24. The van der Waals surface area contributed by atoms with E-state index in [1.54, 1.807) is 0 Å². The predicted molar refractivity (Wildman–Crippen MR) is 40.1 cm³/mol. The predicted octanol–water partition coefficient (Wildman–Crippen LogP) is 0.724. The number of hydrogen-bond donors (Lipinski definition) is 2. The summed E-state index contributed by atoms with van der Waals surface area (Å²) < 4.78 is -0.271. The second kappa shape index (κ2) is 4.70. The lowest BCUT2D eigenvalue weighted by Crippen LogP contribution is -2.31. The lowest BCUT2D eigenvalue weighted by atomic mass is 10.4. The molecule has 0 aromatic carbocycles. The van der Waals surface area contributed by atoms with Crippen molar-refractivity contribution < 1.29 is 0 Å². The van der Waals surface area contributed by atoms with E-state index >= 15 is 0 Å². The van der Waals surface area contributed by atoms with E-state index in [0.29, 0.717) is 5.88 Å². The molecule has 2 nitrogen and oxygen atoms in total. The molecule has 8 heavy (non-hydrogen) atoms. The number of halogens is 2. The summed E-state index contributed by atoms with van der Waals surface area (Å²) in [6.45, 7) is 0. The molecule has 0 bridgehead atoms. The fourth-order valence-corrected chi connectivity index (χ4v) is 0.933. The standard InChI is InChI=1S/C3H8Cl2N2S/c4-1-2(6)3(5)8-7/h2-3H,1,6-7H2. The minimum atomic E-state index is -0.271. The second-order valence-electron chi connectivity index (χ2n) is 1.31. The minimum Gasteiger partial charge on any atom is -0.325 e. The maximum Gasteiger partial charge on any atom is 0.109 e. The first-order chi connectivity index (χ1) is 3.72. The molecule has 0 heterocycles. The zero-order valence-corrected chi connectivity index (χ0v) is 6.51. The Kier molecular flexibility index (Phi) is 5.20. The molecule has 2 atom stereocenters. The average molecular weight is 175 g/mol. The number of hydrogen-bond acceptors (Lipinski definition) is 3. The zero-order chi connectivity index (χ0) is 6.57. The normalized spacial score (nSPS) is 18.0. The summed E-state index contributed by atoms with van der Waals surface area (Å²) in [7, 11) is 0. The van der Waals surface area contributed by atoms with Crippen LogP contribution in [-0.2, 0) is 0 Å². The fourth-order valence-electron chi connectivity index (χ4n) is 0.171. The van der Waals surface area contributed by atoms with Crippen molar-refractivity contribution in [2.24, 2.45) is 10.9 Å². The summed E-state index contributed by atoms with van der Waals surface area (Å²) in [6, 6.07) is -0.215. The highest BCUT2D eigenvalue weighted by atomic mass is 35.5. The van der Waals surface area contributed by atoms with Crippen LogP contribution < -0.4 is 10.9 Å². The van der Waals surface area contributed by atoms with Crippen LogP contribution in [0.15, 0.2) is 0 Å². The van der Waals surface area contributed by atoms with Crippen molar-refractivity contribution in [3.63, 3.8) is 0 Å². The lowest BCUT2D eigenvalue weighted by molar-refractivity contribution is 0.819. The molecule has 0 rings (SSSR count). The maximum atomic E-state index is 5.54.